The van der Waals surface area contributed by atoms with Crippen LogP contribution in [-0.4, -0.2) is 86.3 Å². The van der Waals surface area contributed by atoms with Gasteiger partial charge in [0.05, 0.1) is 13.2 Å². The highest BCUT2D eigenvalue weighted by molar-refractivity contribution is 6.05. The van der Waals surface area contributed by atoms with Gasteiger partial charge in [-0.15, -0.1) is 0 Å². The van der Waals surface area contributed by atoms with E-state index in [2.05, 4.69) is 43.4 Å². The van der Waals surface area contributed by atoms with Crippen molar-refractivity contribution in [3.05, 3.63) is 77.5 Å². The van der Waals surface area contributed by atoms with Crippen LogP contribution in [0.1, 0.15) is 21.5 Å². The monoisotopic (exact) mass is 544 g/mol. The number of hydrogen-bond donors (Lipinski definition) is 2. The lowest BCUT2D eigenvalue weighted by molar-refractivity contribution is 0.102. The van der Waals surface area contributed by atoms with E-state index < -0.39 is 6.09 Å². The molecule has 0 aliphatic carbocycles. The first kappa shape index (κ1) is 27.6. The summed E-state index contributed by atoms with van der Waals surface area (Å²) in [6, 6.07) is 16.5. The van der Waals surface area contributed by atoms with Gasteiger partial charge in [-0.25, -0.2) is 9.78 Å². The normalized spacial score (nSPS) is 16.4. The van der Waals surface area contributed by atoms with Gasteiger partial charge in [0.1, 0.15) is 11.6 Å². The zero-order valence-corrected chi connectivity index (χ0v) is 23.1. The molecule has 1 aromatic heterocycles. The number of nitrogens with one attached hydrogen (secondary N) is 2. The second-order valence-corrected chi connectivity index (χ2v) is 10.2. The number of anilines is 3. The smallest absolute Gasteiger partial charge is 0.410 e. The maximum Gasteiger partial charge on any atom is 0.417 e. The number of piperazine rings is 1. The number of likely N-dealkylation sites (N-methyl/N-ethyl adjacent to an activating group) is 1. The number of amides is 2. The lowest BCUT2D eigenvalue weighted by Gasteiger charge is -2.32. The number of benzene rings is 2. The molecule has 40 heavy (non-hydrogen) atoms. The summed E-state index contributed by atoms with van der Waals surface area (Å²) in [5.41, 5.74) is 3.71. The second-order valence-electron chi connectivity index (χ2n) is 10.2. The third-order valence-corrected chi connectivity index (χ3v) is 7.19. The summed E-state index contributed by atoms with van der Waals surface area (Å²) in [5, 5.41) is 5.75. The van der Waals surface area contributed by atoms with Gasteiger partial charge in [0.2, 0.25) is 0 Å². The van der Waals surface area contributed by atoms with Crippen LogP contribution in [0.5, 0.6) is 5.75 Å². The van der Waals surface area contributed by atoms with Crippen LogP contribution in [0.25, 0.3) is 0 Å². The van der Waals surface area contributed by atoms with Gasteiger partial charge in [0, 0.05) is 75.0 Å². The highest BCUT2D eigenvalue weighted by Crippen LogP contribution is 2.23. The molecule has 2 saturated heterocycles. The minimum atomic E-state index is -0.628. The molecule has 10 heteroatoms. The van der Waals surface area contributed by atoms with Crippen molar-refractivity contribution in [2.24, 2.45) is 0 Å². The average Bonchev–Trinajstić information content (AvgIpc) is 2.97. The fourth-order valence-electron chi connectivity index (χ4n) is 4.78. The number of morpholine rings is 1. The van der Waals surface area contributed by atoms with Gasteiger partial charge in [0.25, 0.3) is 5.91 Å². The zero-order valence-electron chi connectivity index (χ0n) is 23.1. The molecule has 0 unspecified atom stereocenters. The Bertz CT molecular complexity index is 1340. The average molecular weight is 545 g/mol. The predicted octanol–water partition coefficient (Wildman–Crippen LogP) is 3.84. The van der Waals surface area contributed by atoms with Crippen LogP contribution in [-0.2, 0) is 11.3 Å². The molecule has 2 amide bonds. The molecule has 0 radical (unpaired) electrons. The third kappa shape index (κ3) is 7.35. The van der Waals surface area contributed by atoms with Crippen LogP contribution in [0, 0.1) is 6.92 Å². The van der Waals surface area contributed by atoms with Crippen LogP contribution in [0.15, 0.2) is 60.8 Å². The first-order valence-corrected chi connectivity index (χ1v) is 13.6. The number of rotatable bonds is 7. The van der Waals surface area contributed by atoms with E-state index in [4.69, 9.17) is 9.47 Å². The van der Waals surface area contributed by atoms with E-state index >= 15 is 0 Å². The van der Waals surface area contributed by atoms with Crippen LogP contribution < -0.4 is 20.3 Å². The van der Waals surface area contributed by atoms with E-state index in [1.165, 1.54) is 0 Å². The number of ether oxygens (including phenoxy) is 2. The van der Waals surface area contributed by atoms with Crippen LogP contribution >= 0.6 is 0 Å². The summed E-state index contributed by atoms with van der Waals surface area (Å²) in [6.45, 7) is 9.62. The van der Waals surface area contributed by atoms with Gasteiger partial charge in [0.15, 0.2) is 0 Å². The van der Waals surface area contributed by atoms with Crippen molar-refractivity contribution < 1.29 is 19.1 Å². The lowest BCUT2D eigenvalue weighted by atomic mass is 10.1. The number of carbonyl (C=O) groups is 2. The maximum absolute atomic E-state index is 13.1. The summed E-state index contributed by atoms with van der Waals surface area (Å²) in [4.78, 5) is 37.0. The fraction of sp³-hybridized carbons (Fsp3) is 0.367. The molecule has 2 N–H and O–H groups in total. The van der Waals surface area contributed by atoms with Gasteiger partial charge in [-0.3, -0.25) is 15.0 Å². The standard InChI is InChI=1S/C30H36N6O4/c1-22-6-7-25(32-30(38)40-26-8-9-31-28(20-26)36-14-16-39-17-15-36)19-27(22)33-29(37)24-5-3-4-23(18-24)21-35-12-10-34(2)11-13-35/h3-9,18-20H,10-17,21H2,1-2H3,(H,32,38)(H,33,37). The molecule has 0 bridgehead atoms. The molecule has 3 heterocycles. The van der Waals surface area contributed by atoms with Gasteiger partial charge in [-0.2, -0.15) is 0 Å². The van der Waals surface area contributed by atoms with Crippen molar-refractivity contribution in [3.8, 4) is 5.75 Å². The largest absolute Gasteiger partial charge is 0.417 e. The molecule has 0 spiro atoms. The number of pyridine rings is 1. The quantitative estimate of drug-likeness (QED) is 0.463. The molecule has 10 nitrogen and oxygen atoms in total. The summed E-state index contributed by atoms with van der Waals surface area (Å²) in [6.07, 6.45) is 0.990. The number of hydrogen-bond acceptors (Lipinski definition) is 8. The third-order valence-electron chi connectivity index (χ3n) is 7.19. The summed E-state index contributed by atoms with van der Waals surface area (Å²) >= 11 is 0. The van der Waals surface area contributed by atoms with Gasteiger partial charge in [-0.1, -0.05) is 18.2 Å². The second kappa shape index (κ2) is 12.9. The topological polar surface area (TPSA) is 99.3 Å². The number of nitrogens with zero attached hydrogens (tertiary/aromatic N) is 4. The Labute approximate surface area is 234 Å². The van der Waals surface area contributed by atoms with Crippen molar-refractivity contribution >= 4 is 29.2 Å². The van der Waals surface area contributed by atoms with E-state index in [1.54, 1.807) is 30.5 Å². The van der Waals surface area contributed by atoms with E-state index in [-0.39, 0.29) is 5.91 Å². The summed E-state index contributed by atoms with van der Waals surface area (Å²) in [5.74, 6) is 0.933. The van der Waals surface area contributed by atoms with E-state index in [1.807, 2.05) is 31.2 Å². The number of aromatic nitrogens is 1. The molecule has 2 aliphatic heterocycles. The SMILES string of the molecule is Cc1ccc(NC(=O)Oc2ccnc(N3CCOCC3)c2)cc1NC(=O)c1cccc(CN2CCN(C)CC2)c1. The summed E-state index contributed by atoms with van der Waals surface area (Å²) < 4.78 is 10.9. The minimum absolute atomic E-state index is 0.199. The van der Waals surface area contributed by atoms with Gasteiger partial charge >= 0.3 is 6.09 Å². The van der Waals surface area contributed by atoms with Crippen molar-refractivity contribution in [1.29, 1.82) is 0 Å². The van der Waals surface area contributed by atoms with Crippen molar-refractivity contribution in [2.75, 3.05) is 75.1 Å². The van der Waals surface area contributed by atoms with Crippen molar-refractivity contribution in [2.45, 2.75) is 13.5 Å². The number of carbonyl (C=O) groups excluding carboxylic acids is 2. The Kier molecular flexibility index (Phi) is 8.90. The van der Waals surface area contributed by atoms with Crippen LogP contribution in [0.2, 0.25) is 0 Å². The zero-order chi connectivity index (χ0) is 27.9. The van der Waals surface area contributed by atoms with Crippen LogP contribution in [0.4, 0.5) is 22.0 Å². The highest BCUT2D eigenvalue weighted by Gasteiger charge is 2.17. The maximum atomic E-state index is 13.1. The highest BCUT2D eigenvalue weighted by atomic mass is 16.6. The molecule has 0 atom stereocenters. The molecular weight excluding hydrogens is 508 g/mol. The molecule has 0 saturated carbocycles. The number of aryl methyl sites for hydroxylation is 1. The van der Waals surface area contributed by atoms with E-state index in [0.29, 0.717) is 35.9 Å². The van der Waals surface area contributed by atoms with Crippen LogP contribution in [0.3, 0.4) is 0 Å². The first-order chi connectivity index (χ1) is 19.4. The van der Waals surface area contributed by atoms with Gasteiger partial charge < -0.3 is 24.6 Å². The van der Waals surface area contributed by atoms with Crippen molar-refractivity contribution in [3.63, 3.8) is 0 Å². The molecule has 2 aromatic carbocycles. The predicted molar refractivity (Wildman–Crippen MR) is 155 cm³/mol. The molecule has 2 aliphatic rings. The summed E-state index contributed by atoms with van der Waals surface area (Å²) in [7, 11) is 2.14. The minimum Gasteiger partial charge on any atom is -0.410 e. The fourth-order valence-corrected chi connectivity index (χ4v) is 4.78. The van der Waals surface area contributed by atoms with Crippen molar-refractivity contribution in [1.82, 2.24) is 14.8 Å². The molecule has 210 valence electrons. The lowest BCUT2D eigenvalue weighted by Crippen LogP contribution is -2.43. The Morgan fingerprint density at radius 2 is 1.75 bits per heavy atom. The Morgan fingerprint density at radius 3 is 2.55 bits per heavy atom. The van der Waals surface area contributed by atoms with E-state index in [9.17, 15) is 9.59 Å². The Balaban J connectivity index is 1.19. The van der Waals surface area contributed by atoms with E-state index in [0.717, 1.165) is 62.8 Å². The molecule has 3 aromatic rings. The molecule has 2 fully saturated rings. The van der Waals surface area contributed by atoms with Gasteiger partial charge in [-0.05, 0) is 55.4 Å². The Hall–Kier alpha value is -3.99. The Morgan fingerprint density at radius 1 is 0.950 bits per heavy atom. The first-order valence-electron chi connectivity index (χ1n) is 13.6. The molecule has 5 rings (SSSR count). The molecular formula is C30H36N6O4.